The predicted molar refractivity (Wildman–Crippen MR) is 59.0 cm³/mol. The Morgan fingerprint density at radius 1 is 1.33 bits per heavy atom. The Morgan fingerprint density at radius 3 is 2.47 bits per heavy atom. The number of hydrogen-bond acceptors (Lipinski definition) is 1. The molecule has 5 heteroatoms. The third-order valence-electron chi connectivity index (χ3n) is 2.13. The second-order valence-corrected chi connectivity index (χ2v) is 4.01. The van der Waals surface area contributed by atoms with Gasteiger partial charge in [0, 0.05) is 10.0 Å². The molecule has 1 atom stereocenters. The summed E-state index contributed by atoms with van der Waals surface area (Å²) in [6.07, 6.45) is -2.23. The van der Waals surface area contributed by atoms with E-state index in [0.29, 0.717) is 15.6 Å². The Kier molecular flexibility index (Phi) is 4.77. The van der Waals surface area contributed by atoms with E-state index in [-0.39, 0.29) is 6.42 Å². The molecule has 0 aromatic heterocycles. The van der Waals surface area contributed by atoms with E-state index in [4.69, 9.17) is 23.2 Å². The lowest BCUT2D eigenvalue weighted by Crippen LogP contribution is -2.34. The summed E-state index contributed by atoms with van der Waals surface area (Å²) in [6, 6.07) is 3.97. The highest BCUT2D eigenvalue weighted by atomic mass is 35.5. The average Bonchev–Trinajstić information content (AvgIpc) is 2.16. The molecular weight excluding hydrogens is 243 g/mol. The van der Waals surface area contributed by atoms with Crippen LogP contribution >= 0.6 is 23.2 Å². The van der Waals surface area contributed by atoms with Crippen molar-refractivity contribution in [1.29, 1.82) is 0 Å². The summed E-state index contributed by atoms with van der Waals surface area (Å²) in [4.78, 5) is 0. The van der Waals surface area contributed by atoms with Gasteiger partial charge in [-0.2, -0.15) is 0 Å². The number of hydrogen-bond donors (Lipinski definition) is 1. The zero-order valence-electron chi connectivity index (χ0n) is 8.11. The lowest BCUT2D eigenvalue weighted by Gasteiger charge is -2.15. The van der Waals surface area contributed by atoms with E-state index in [1.54, 1.807) is 18.2 Å². The second kappa shape index (κ2) is 5.64. The molecule has 0 radical (unpaired) electrons. The van der Waals surface area contributed by atoms with Crippen LogP contribution in [0.2, 0.25) is 10.0 Å². The number of likely N-dealkylation sites (N-methyl/N-ethyl adjacent to an activating group) is 1. The van der Waals surface area contributed by atoms with Crippen LogP contribution in [0.4, 0.5) is 8.78 Å². The molecule has 1 aromatic carbocycles. The minimum absolute atomic E-state index is 0.185. The van der Waals surface area contributed by atoms with Crippen LogP contribution in [0.3, 0.4) is 0 Å². The molecule has 0 spiro atoms. The summed E-state index contributed by atoms with van der Waals surface area (Å²) in [5.41, 5.74) is 0.667. The van der Waals surface area contributed by atoms with Gasteiger partial charge in [-0.05, 0) is 31.2 Å². The maximum atomic E-state index is 12.5. The van der Waals surface area contributed by atoms with Crippen molar-refractivity contribution in [3.05, 3.63) is 33.8 Å². The van der Waals surface area contributed by atoms with E-state index in [2.05, 4.69) is 5.32 Å². The molecule has 0 fully saturated rings. The fourth-order valence-corrected chi connectivity index (χ4v) is 1.73. The zero-order chi connectivity index (χ0) is 11.4. The Bertz CT molecular complexity index is 331. The fourth-order valence-electron chi connectivity index (χ4n) is 1.24. The zero-order valence-corrected chi connectivity index (χ0v) is 9.62. The molecular formula is C10H11Cl2F2N. The molecule has 0 aliphatic heterocycles. The van der Waals surface area contributed by atoms with Gasteiger partial charge in [-0.1, -0.05) is 29.3 Å². The normalized spacial score (nSPS) is 13.2. The molecule has 1 unspecified atom stereocenters. The number of rotatable bonds is 4. The Hall–Kier alpha value is -0.380. The average molecular weight is 254 g/mol. The van der Waals surface area contributed by atoms with E-state index in [1.165, 1.54) is 7.05 Å². The molecule has 1 aromatic rings. The lowest BCUT2D eigenvalue weighted by atomic mass is 10.1. The lowest BCUT2D eigenvalue weighted by molar-refractivity contribution is 0.102. The smallest absolute Gasteiger partial charge is 0.254 e. The van der Waals surface area contributed by atoms with Gasteiger partial charge in [0.15, 0.2) is 0 Å². The molecule has 1 rings (SSSR count). The maximum absolute atomic E-state index is 12.5. The molecule has 15 heavy (non-hydrogen) atoms. The molecule has 0 bridgehead atoms. The van der Waals surface area contributed by atoms with Gasteiger partial charge >= 0.3 is 0 Å². The fraction of sp³-hybridized carbons (Fsp3) is 0.400. The third-order valence-corrected chi connectivity index (χ3v) is 2.72. The van der Waals surface area contributed by atoms with E-state index >= 15 is 0 Å². The first-order chi connectivity index (χ1) is 7.04. The first-order valence-corrected chi connectivity index (χ1v) is 5.19. The number of nitrogens with one attached hydrogen (secondary N) is 1. The first-order valence-electron chi connectivity index (χ1n) is 4.44. The molecule has 0 aliphatic rings. The SMILES string of the molecule is CNC(Cc1ccc(Cl)cc1Cl)C(F)F. The predicted octanol–water partition coefficient (Wildman–Crippen LogP) is 3.39. The van der Waals surface area contributed by atoms with Crippen LogP contribution in [-0.4, -0.2) is 19.5 Å². The van der Waals surface area contributed by atoms with Gasteiger partial charge < -0.3 is 5.32 Å². The molecule has 0 saturated heterocycles. The van der Waals surface area contributed by atoms with Crippen molar-refractivity contribution in [3.63, 3.8) is 0 Å². The van der Waals surface area contributed by atoms with Crippen LogP contribution in [-0.2, 0) is 6.42 Å². The van der Waals surface area contributed by atoms with Crippen LogP contribution in [0.5, 0.6) is 0 Å². The molecule has 0 aliphatic carbocycles. The molecule has 1 N–H and O–H groups in total. The summed E-state index contributed by atoms with van der Waals surface area (Å²) in [5.74, 6) is 0. The minimum Gasteiger partial charge on any atom is -0.312 e. The Labute approximate surface area is 97.4 Å². The van der Waals surface area contributed by atoms with Crippen molar-refractivity contribution in [1.82, 2.24) is 5.32 Å². The summed E-state index contributed by atoms with van der Waals surface area (Å²) >= 11 is 11.6. The molecule has 1 nitrogen and oxygen atoms in total. The third kappa shape index (κ3) is 3.59. The molecule has 0 saturated carbocycles. The molecule has 0 amide bonds. The summed E-state index contributed by atoms with van der Waals surface area (Å²) < 4.78 is 24.9. The Balaban J connectivity index is 2.79. The largest absolute Gasteiger partial charge is 0.312 e. The monoisotopic (exact) mass is 253 g/mol. The highest BCUT2D eigenvalue weighted by Gasteiger charge is 2.19. The van der Waals surface area contributed by atoms with Gasteiger partial charge in [-0.15, -0.1) is 0 Å². The van der Waals surface area contributed by atoms with Gasteiger partial charge in [0.1, 0.15) is 0 Å². The summed E-state index contributed by atoms with van der Waals surface area (Å²) in [7, 11) is 1.50. The molecule has 84 valence electrons. The van der Waals surface area contributed by atoms with Crippen LogP contribution in [0.25, 0.3) is 0 Å². The van der Waals surface area contributed by atoms with Gasteiger partial charge in [-0.3, -0.25) is 0 Å². The number of benzene rings is 1. The van der Waals surface area contributed by atoms with Crippen molar-refractivity contribution in [2.45, 2.75) is 18.9 Å². The van der Waals surface area contributed by atoms with E-state index in [1.807, 2.05) is 0 Å². The van der Waals surface area contributed by atoms with E-state index in [0.717, 1.165) is 0 Å². The minimum atomic E-state index is -2.42. The van der Waals surface area contributed by atoms with Crippen molar-refractivity contribution in [2.75, 3.05) is 7.05 Å². The molecule has 0 heterocycles. The van der Waals surface area contributed by atoms with Gasteiger partial charge in [0.05, 0.1) is 6.04 Å². The van der Waals surface area contributed by atoms with Crippen molar-refractivity contribution in [2.24, 2.45) is 0 Å². The summed E-state index contributed by atoms with van der Waals surface area (Å²) in [6.45, 7) is 0. The van der Waals surface area contributed by atoms with Crippen molar-refractivity contribution in [3.8, 4) is 0 Å². The number of alkyl halides is 2. The van der Waals surface area contributed by atoms with Crippen LogP contribution < -0.4 is 5.32 Å². The second-order valence-electron chi connectivity index (χ2n) is 3.17. The van der Waals surface area contributed by atoms with E-state index in [9.17, 15) is 8.78 Å². The van der Waals surface area contributed by atoms with Crippen molar-refractivity contribution < 1.29 is 8.78 Å². The highest BCUT2D eigenvalue weighted by molar-refractivity contribution is 6.35. The van der Waals surface area contributed by atoms with Crippen LogP contribution in [0.15, 0.2) is 18.2 Å². The van der Waals surface area contributed by atoms with Gasteiger partial charge in [-0.25, -0.2) is 8.78 Å². The van der Waals surface area contributed by atoms with Crippen LogP contribution in [0, 0.1) is 0 Å². The van der Waals surface area contributed by atoms with Gasteiger partial charge in [0.2, 0.25) is 0 Å². The van der Waals surface area contributed by atoms with Gasteiger partial charge in [0.25, 0.3) is 6.43 Å². The standard InChI is InChI=1S/C10H11Cl2F2N/c1-15-9(10(13)14)4-6-2-3-7(11)5-8(6)12/h2-3,5,9-10,15H,4H2,1H3. The summed E-state index contributed by atoms with van der Waals surface area (Å²) in [5, 5.41) is 3.47. The first kappa shape index (κ1) is 12.7. The topological polar surface area (TPSA) is 12.0 Å². The van der Waals surface area contributed by atoms with Crippen molar-refractivity contribution >= 4 is 23.2 Å². The van der Waals surface area contributed by atoms with Crippen LogP contribution in [0.1, 0.15) is 5.56 Å². The maximum Gasteiger partial charge on any atom is 0.254 e. The highest BCUT2D eigenvalue weighted by Crippen LogP contribution is 2.23. The quantitative estimate of drug-likeness (QED) is 0.868. The number of halogens is 4. The van der Waals surface area contributed by atoms with E-state index < -0.39 is 12.5 Å². The Morgan fingerprint density at radius 2 is 2.00 bits per heavy atom.